The van der Waals surface area contributed by atoms with Crippen LogP contribution in [-0.2, 0) is 0 Å². The lowest BCUT2D eigenvalue weighted by atomic mass is 10.2. The van der Waals surface area contributed by atoms with Gasteiger partial charge < -0.3 is 15.4 Å². The highest BCUT2D eigenvalue weighted by Crippen LogP contribution is 1.95. The first-order valence-electron chi connectivity index (χ1n) is 4.68. The maximum atomic E-state index is 11.3. The van der Waals surface area contributed by atoms with Gasteiger partial charge in [-0.1, -0.05) is 13.3 Å². The Bertz CT molecular complexity index is 272. The second kappa shape index (κ2) is 5.39. The third-order valence-corrected chi connectivity index (χ3v) is 1.86. The smallest absolute Gasteiger partial charge is 0.269 e. The summed E-state index contributed by atoms with van der Waals surface area (Å²) in [6.45, 7) is 2.27. The van der Waals surface area contributed by atoms with Crippen molar-refractivity contribution in [3.8, 4) is 0 Å². The second-order valence-corrected chi connectivity index (χ2v) is 3.12. The molecule has 0 aliphatic rings. The Morgan fingerprint density at radius 2 is 2.57 bits per heavy atom. The molecule has 1 aromatic rings. The minimum absolute atomic E-state index is 0.238. The summed E-state index contributed by atoms with van der Waals surface area (Å²) in [7, 11) is 0. The Labute approximate surface area is 82.6 Å². The fourth-order valence-corrected chi connectivity index (χ4v) is 1.12. The van der Waals surface area contributed by atoms with E-state index in [0.29, 0.717) is 12.1 Å². The maximum absolute atomic E-state index is 11.3. The third-order valence-electron chi connectivity index (χ3n) is 1.86. The van der Waals surface area contributed by atoms with E-state index in [2.05, 4.69) is 15.3 Å². The fraction of sp³-hybridized carbons (Fsp3) is 0.556. The first kappa shape index (κ1) is 10.7. The van der Waals surface area contributed by atoms with Crippen LogP contribution in [0.4, 0.5) is 0 Å². The average molecular weight is 197 g/mol. The van der Waals surface area contributed by atoms with Gasteiger partial charge in [0.15, 0.2) is 0 Å². The van der Waals surface area contributed by atoms with Gasteiger partial charge in [0.1, 0.15) is 5.69 Å². The molecule has 14 heavy (non-hydrogen) atoms. The summed E-state index contributed by atoms with van der Waals surface area (Å²) < 4.78 is 0. The van der Waals surface area contributed by atoms with Gasteiger partial charge in [0, 0.05) is 6.54 Å². The number of H-pyrrole nitrogens is 1. The van der Waals surface area contributed by atoms with E-state index < -0.39 is 6.10 Å². The molecule has 0 bridgehead atoms. The van der Waals surface area contributed by atoms with E-state index in [1.807, 2.05) is 6.92 Å². The molecule has 0 radical (unpaired) electrons. The molecule has 0 saturated heterocycles. The van der Waals surface area contributed by atoms with Crippen LogP contribution in [-0.4, -0.2) is 33.6 Å². The molecule has 0 aliphatic heterocycles. The van der Waals surface area contributed by atoms with Crippen molar-refractivity contribution in [3.05, 3.63) is 18.2 Å². The molecule has 3 N–H and O–H groups in total. The molecule has 5 nitrogen and oxygen atoms in total. The number of carbonyl (C=O) groups is 1. The van der Waals surface area contributed by atoms with Crippen LogP contribution in [0.3, 0.4) is 0 Å². The Balaban J connectivity index is 2.28. The van der Waals surface area contributed by atoms with E-state index in [4.69, 9.17) is 0 Å². The molecule has 1 atom stereocenters. The molecule has 0 aromatic carbocycles. The highest BCUT2D eigenvalue weighted by Gasteiger charge is 2.08. The molecule has 1 aromatic heterocycles. The summed E-state index contributed by atoms with van der Waals surface area (Å²) in [5.74, 6) is -0.238. The van der Waals surface area contributed by atoms with Crippen molar-refractivity contribution in [1.82, 2.24) is 15.3 Å². The van der Waals surface area contributed by atoms with Gasteiger partial charge in [0.05, 0.1) is 18.6 Å². The number of nitrogens with one attached hydrogen (secondary N) is 2. The third kappa shape index (κ3) is 3.18. The Kier molecular flexibility index (Phi) is 4.12. The first-order valence-corrected chi connectivity index (χ1v) is 4.68. The lowest BCUT2D eigenvalue weighted by Crippen LogP contribution is -2.32. The number of hydrogen-bond donors (Lipinski definition) is 3. The predicted molar refractivity (Wildman–Crippen MR) is 51.8 cm³/mol. The Morgan fingerprint density at radius 3 is 3.14 bits per heavy atom. The Hall–Kier alpha value is -1.36. The topological polar surface area (TPSA) is 78.0 Å². The van der Waals surface area contributed by atoms with Crippen molar-refractivity contribution in [3.63, 3.8) is 0 Å². The minimum atomic E-state index is -0.466. The van der Waals surface area contributed by atoms with Crippen molar-refractivity contribution >= 4 is 5.91 Å². The second-order valence-electron chi connectivity index (χ2n) is 3.12. The number of rotatable bonds is 5. The van der Waals surface area contributed by atoms with Crippen LogP contribution in [0.25, 0.3) is 0 Å². The van der Waals surface area contributed by atoms with Gasteiger partial charge in [-0.2, -0.15) is 0 Å². The first-order chi connectivity index (χ1) is 6.74. The van der Waals surface area contributed by atoms with Crippen LogP contribution >= 0.6 is 0 Å². The minimum Gasteiger partial charge on any atom is -0.391 e. The van der Waals surface area contributed by atoms with Crippen molar-refractivity contribution in [1.29, 1.82) is 0 Å². The number of aliphatic hydroxyl groups is 1. The van der Waals surface area contributed by atoms with Crippen molar-refractivity contribution in [2.75, 3.05) is 6.54 Å². The van der Waals surface area contributed by atoms with Gasteiger partial charge in [-0.05, 0) is 6.42 Å². The van der Waals surface area contributed by atoms with E-state index in [1.165, 1.54) is 12.5 Å². The van der Waals surface area contributed by atoms with Crippen LogP contribution in [0, 0.1) is 0 Å². The Morgan fingerprint density at radius 1 is 1.79 bits per heavy atom. The number of nitrogens with zero attached hydrogens (tertiary/aromatic N) is 1. The number of aliphatic hydroxyl groups excluding tert-OH is 1. The summed E-state index contributed by atoms with van der Waals surface area (Å²) >= 11 is 0. The lowest BCUT2D eigenvalue weighted by molar-refractivity contribution is 0.0906. The quantitative estimate of drug-likeness (QED) is 0.635. The van der Waals surface area contributed by atoms with Crippen LogP contribution in [0.1, 0.15) is 30.3 Å². The summed E-state index contributed by atoms with van der Waals surface area (Å²) in [5.41, 5.74) is 0.411. The molecular weight excluding hydrogens is 182 g/mol. The van der Waals surface area contributed by atoms with Crippen molar-refractivity contribution in [2.45, 2.75) is 25.9 Å². The monoisotopic (exact) mass is 197 g/mol. The predicted octanol–water partition coefficient (Wildman–Crippen LogP) is 0.300. The summed E-state index contributed by atoms with van der Waals surface area (Å²) in [6.07, 6.45) is 4.02. The standard InChI is InChI=1S/C9H15N3O2/c1-2-3-7(13)4-11-9(14)8-5-10-6-12-8/h5-7,13H,2-4H2,1H3,(H,10,12)(H,11,14). The summed E-state index contributed by atoms with van der Waals surface area (Å²) in [6, 6.07) is 0. The summed E-state index contributed by atoms with van der Waals surface area (Å²) in [5, 5.41) is 12.0. The van der Waals surface area contributed by atoms with Crippen LogP contribution < -0.4 is 5.32 Å². The van der Waals surface area contributed by atoms with Gasteiger partial charge in [-0.25, -0.2) is 4.98 Å². The van der Waals surface area contributed by atoms with Gasteiger partial charge in [-0.15, -0.1) is 0 Å². The van der Waals surface area contributed by atoms with Gasteiger partial charge >= 0.3 is 0 Å². The van der Waals surface area contributed by atoms with Crippen LogP contribution in [0.2, 0.25) is 0 Å². The largest absolute Gasteiger partial charge is 0.391 e. The molecule has 1 amide bonds. The highest BCUT2D eigenvalue weighted by molar-refractivity contribution is 5.91. The molecule has 1 heterocycles. The molecule has 1 unspecified atom stereocenters. The van der Waals surface area contributed by atoms with Crippen LogP contribution in [0.5, 0.6) is 0 Å². The van der Waals surface area contributed by atoms with E-state index >= 15 is 0 Å². The number of amides is 1. The molecule has 0 saturated carbocycles. The van der Waals surface area contributed by atoms with E-state index in [9.17, 15) is 9.90 Å². The number of carbonyl (C=O) groups excluding carboxylic acids is 1. The molecule has 78 valence electrons. The lowest BCUT2D eigenvalue weighted by Gasteiger charge is -2.09. The molecular formula is C9H15N3O2. The normalized spacial score (nSPS) is 12.4. The van der Waals surface area contributed by atoms with Crippen molar-refractivity contribution < 1.29 is 9.90 Å². The average Bonchev–Trinajstić information content (AvgIpc) is 2.67. The maximum Gasteiger partial charge on any atom is 0.269 e. The molecule has 0 fully saturated rings. The van der Waals surface area contributed by atoms with Gasteiger partial charge in [-0.3, -0.25) is 4.79 Å². The van der Waals surface area contributed by atoms with E-state index in [0.717, 1.165) is 6.42 Å². The summed E-state index contributed by atoms with van der Waals surface area (Å²) in [4.78, 5) is 17.7. The van der Waals surface area contributed by atoms with Gasteiger partial charge in [0.25, 0.3) is 5.91 Å². The SMILES string of the molecule is CCCC(O)CNC(=O)c1cnc[nH]1. The zero-order valence-corrected chi connectivity index (χ0v) is 8.16. The van der Waals surface area contributed by atoms with E-state index in [1.54, 1.807) is 0 Å². The zero-order valence-electron chi connectivity index (χ0n) is 8.16. The van der Waals surface area contributed by atoms with Gasteiger partial charge in [0.2, 0.25) is 0 Å². The highest BCUT2D eigenvalue weighted by atomic mass is 16.3. The molecule has 1 rings (SSSR count). The number of aromatic nitrogens is 2. The molecule has 0 aliphatic carbocycles. The number of imidazole rings is 1. The zero-order chi connectivity index (χ0) is 10.4. The molecule has 0 spiro atoms. The van der Waals surface area contributed by atoms with Crippen LogP contribution in [0.15, 0.2) is 12.5 Å². The number of hydrogen-bond acceptors (Lipinski definition) is 3. The fourth-order valence-electron chi connectivity index (χ4n) is 1.12. The number of aromatic amines is 1. The van der Waals surface area contributed by atoms with Crippen molar-refractivity contribution in [2.24, 2.45) is 0 Å². The molecule has 5 heteroatoms. The van der Waals surface area contributed by atoms with E-state index in [-0.39, 0.29) is 12.5 Å².